The van der Waals surface area contributed by atoms with Crippen molar-refractivity contribution in [1.29, 1.82) is 0 Å². The average Bonchev–Trinajstić information content (AvgIpc) is 3.09. The molecular weight excluding hydrogens is 352 g/mol. The molecule has 0 saturated carbocycles. The lowest BCUT2D eigenvalue weighted by atomic mass is 10.2. The van der Waals surface area contributed by atoms with Gasteiger partial charge in [-0.05, 0) is 18.2 Å². The van der Waals surface area contributed by atoms with Crippen LogP contribution >= 0.6 is 0 Å². The molecule has 0 aliphatic rings. The van der Waals surface area contributed by atoms with Gasteiger partial charge in [-0.15, -0.1) is 10.2 Å². The van der Waals surface area contributed by atoms with E-state index < -0.39 is 10.8 Å². The molecule has 0 aliphatic carbocycles. The number of rotatable bonds is 7. The van der Waals surface area contributed by atoms with Crippen molar-refractivity contribution in [3.63, 3.8) is 0 Å². The van der Waals surface area contributed by atoms with Crippen LogP contribution in [0.1, 0.15) is 16.2 Å². The molecule has 10 heteroatoms. The SMILES string of the molecule is O=C(CNC(=O)c1cccc([N+](=O)[O-])c1)NCCc1nnc2ccccn12. The first-order valence-electron chi connectivity index (χ1n) is 8.12. The smallest absolute Gasteiger partial charge is 0.270 e. The van der Waals surface area contributed by atoms with Gasteiger partial charge in [0.05, 0.1) is 11.5 Å². The second-order valence-electron chi connectivity index (χ2n) is 5.64. The van der Waals surface area contributed by atoms with Gasteiger partial charge in [-0.2, -0.15) is 0 Å². The first kappa shape index (κ1) is 18.0. The summed E-state index contributed by atoms with van der Waals surface area (Å²) in [6, 6.07) is 10.9. The van der Waals surface area contributed by atoms with Crippen molar-refractivity contribution in [3.05, 3.63) is 70.2 Å². The molecule has 2 N–H and O–H groups in total. The molecule has 0 spiro atoms. The summed E-state index contributed by atoms with van der Waals surface area (Å²) in [5.41, 5.74) is 0.655. The lowest BCUT2D eigenvalue weighted by Gasteiger charge is -2.07. The summed E-state index contributed by atoms with van der Waals surface area (Å²) in [5, 5.41) is 23.9. The Morgan fingerprint density at radius 2 is 1.96 bits per heavy atom. The third-order valence-electron chi connectivity index (χ3n) is 3.78. The first-order valence-corrected chi connectivity index (χ1v) is 8.12. The quantitative estimate of drug-likeness (QED) is 0.467. The van der Waals surface area contributed by atoms with E-state index in [1.807, 2.05) is 28.8 Å². The molecule has 0 saturated heterocycles. The number of hydrogen-bond acceptors (Lipinski definition) is 6. The number of carbonyl (C=O) groups excluding carboxylic acids is 2. The van der Waals surface area contributed by atoms with Crippen molar-refractivity contribution in [1.82, 2.24) is 25.2 Å². The maximum atomic E-state index is 12.0. The van der Waals surface area contributed by atoms with E-state index >= 15 is 0 Å². The molecule has 3 aromatic rings. The van der Waals surface area contributed by atoms with E-state index in [-0.39, 0.29) is 23.7 Å². The molecule has 1 aromatic carbocycles. The largest absolute Gasteiger partial charge is 0.354 e. The average molecular weight is 368 g/mol. The van der Waals surface area contributed by atoms with Crippen molar-refractivity contribution < 1.29 is 14.5 Å². The zero-order valence-corrected chi connectivity index (χ0v) is 14.2. The third kappa shape index (κ3) is 4.42. The van der Waals surface area contributed by atoms with Crippen molar-refractivity contribution >= 4 is 23.1 Å². The number of hydrogen-bond donors (Lipinski definition) is 2. The number of amides is 2. The van der Waals surface area contributed by atoms with E-state index in [0.29, 0.717) is 18.8 Å². The summed E-state index contributed by atoms with van der Waals surface area (Å²) < 4.78 is 1.83. The molecule has 2 heterocycles. The van der Waals surface area contributed by atoms with Crippen LogP contribution in [0.4, 0.5) is 5.69 Å². The molecule has 0 bridgehead atoms. The number of pyridine rings is 1. The van der Waals surface area contributed by atoms with Gasteiger partial charge in [0.2, 0.25) is 5.91 Å². The minimum atomic E-state index is -0.586. The van der Waals surface area contributed by atoms with E-state index in [0.717, 1.165) is 11.7 Å². The summed E-state index contributed by atoms with van der Waals surface area (Å²) in [7, 11) is 0. The molecule has 2 aromatic heterocycles. The minimum Gasteiger partial charge on any atom is -0.354 e. The van der Waals surface area contributed by atoms with Crippen LogP contribution in [-0.2, 0) is 11.2 Å². The normalized spacial score (nSPS) is 10.5. The highest BCUT2D eigenvalue weighted by molar-refractivity contribution is 5.96. The molecule has 0 radical (unpaired) electrons. The predicted molar refractivity (Wildman–Crippen MR) is 95.1 cm³/mol. The fourth-order valence-electron chi connectivity index (χ4n) is 2.46. The summed E-state index contributed by atoms with van der Waals surface area (Å²) in [5.74, 6) is -0.216. The van der Waals surface area contributed by atoms with Gasteiger partial charge in [-0.25, -0.2) is 0 Å². The number of fused-ring (bicyclic) bond motifs is 1. The number of nitro benzene ring substituents is 1. The Labute approximate surface area is 153 Å². The van der Waals surface area contributed by atoms with Gasteiger partial charge in [-0.3, -0.25) is 24.1 Å². The summed E-state index contributed by atoms with van der Waals surface area (Å²) in [6.45, 7) is 0.101. The fourth-order valence-corrected chi connectivity index (χ4v) is 2.46. The highest BCUT2D eigenvalue weighted by atomic mass is 16.6. The molecule has 3 rings (SSSR count). The maximum Gasteiger partial charge on any atom is 0.270 e. The Morgan fingerprint density at radius 3 is 2.78 bits per heavy atom. The number of nitrogens with zero attached hydrogens (tertiary/aromatic N) is 4. The van der Waals surface area contributed by atoms with E-state index in [1.54, 1.807) is 0 Å². The Kier molecular flexibility index (Phi) is 5.36. The van der Waals surface area contributed by atoms with Gasteiger partial charge >= 0.3 is 0 Å². The van der Waals surface area contributed by atoms with Crippen LogP contribution in [0.15, 0.2) is 48.7 Å². The van der Waals surface area contributed by atoms with Gasteiger partial charge in [0.15, 0.2) is 5.65 Å². The van der Waals surface area contributed by atoms with Gasteiger partial charge in [0.25, 0.3) is 11.6 Å². The zero-order chi connectivity index (χ0) is 19.2. The number of benzene rings is 1. The molecular formula is C17H16N6O4. The predicted octanol–water partition coefficient (Wildman–Crippen LogP) is 0.726. The molecule has 27 heavy (non-hydrogen) atoms. The molecule has 0 atom stereocenters. The van der Waals surface area contributed by atoms with Crippen molar-refractivity contribution in [2.75, 3.05) is 13.1 Å². The van der Waals surface area contributed by atoms with Crippen LogP contribution in [0.2, 0.25) is 0 Å². The standard InChI is InChI=1S/C17H16N6O4/c24-16(11-19-17(25)12-4-3-5-13(10-12)23(26)27)18-8-7-15-21-20-14-6-1-2-9-22(14)15/h1-6,9-10H,7-8,11H2,(H,18,24)(H,19,25). The second kappa shape index (κ2) is 8.04. The summed E-state index contributed by atoms with van der Waals surface area (Å²) in [6.07, 6.45) is 2.32. The number of non-ortho nitro benzene ring substituents is 1. The van der Waals surface area contributed by atoms with Gasteiger partial charge in [-0.1, -0.05) is 12.1 Å². The van der Waals surface area contributed by atoms with Gasteiger partial charge < -0.3 is 10.6 Å². The van der Waals surface area contributed by atoms with Crippen LogP contribution in [0.3, 0.4) is 0 Å². The number of nitrogens with one attached hydrogen (secondary N) is 2. The highest BCUT2D eigenvalue weighted by Crippen LogP contribution is 2.12. The van der Waals surface area contributed by atoms with Crippen LogP contribution in [0.25, 0.3) is 5.65 Å². The number of nitro groups is 1. The lowest BCUT2D eigenvalue weighted by molar-refractivity contribution is -0.384. The van der Waals surface area contributed by atoms with Gasteiger partial charge in [0, 0.05) is 36.9 Å². The Balaban J connectivity index is 1.46. The molecule has 10 nitrogen and oxygen atoms in total. The van der Waals surface area contributed by atoms with Crippen LogP contribution in [0, 0.1) is 10.1 Å². The third-order valence-corrected chi connectivity index (χ3v) is 3.78. The topological polar surface area (TPSA) is 132 Å². The Bertz CT molecular complexity index is 1000. The monoisotopic (exact) mass is 368 g/mol. The second-order valence-corrected chi connectivity index (χ2v) is 5.64. The van der Waals surface area contributed by atoms with Crippen molar-refractivity contribution in [2.45, 2.75) is 6.42 Å². The van der Waals surface area contributed by atoms with Crippen molar-refractivity contribution in [2.24, 2.45) is 0 Å². The summed E-state index contributed by atoms with van der Waals surface area (Å²) >= 11 is 0. The van der Waals surface area contributed by atoms with Crippen LogP contribution < -0.4 is 10.6 Å². The van der Waals surface area contributed by atoms with E-state index in [1.165, 1.54) is 18.2 Å². The molecule has 2 amide bonds. The molecule has 0 aliphatic heterocycles. The van der Waals surface area contributed by atoms with E-state index in [2.05, 4.69) is 20.8 Å². The van der Waals surface area contributed by atoms with Crippen molar-refractivity contribution in [3.8, 4) is 0 Å². The number of carbonyl (C=O) groups is 2. The molecule has 0 fully saturated rings. The fraction of sp³-hybridized carbons (Fsp3) is 0.176. The zero-order valence-electron chi connectivity index (χ0n) is 14.2. The minimum absolute atomic E-state index is 0.118. The molecule has 0 unspecified atom stereocenters. The van der Waals surface area contributed by atoms with Gasteiger partial charge in [0.1, 0.15) is 5.82 Å². The highest BCUT2D eigenvalue weighted by Gasteiger charge is 2.12. The maximum absolute atomic E-state index is 12.0. The van der Waals surface area contributed by atoms with Crippen LogP contribution in [-0.4, -0.2) is 44.4 Å². The molecule has 138 valence electrons. The Hall–Kier alpha value is -3.82. The van der Waals surface area contributed by atoms with E-state index in [9.17, 15) is 19.7 Å². The lowest BCUT2D eigenvalue weighted by Crippen LogP contribution is -2.37. The van der Waals surface area contributed by atoms with Crippen LogP contribution in [0.5, 0.6) is 0 Å². The number of aromatic nitrogens is 3. The van der Waals surface area contributed by atoms with E-state index in [4.69, 9.17) is 0 Å². The Morgan fingerprint density at radius 1 is 1.11 bits per heavy atom. The first-order chi connectivity index (χ1) is 13.0. The summed E-state index contributed by atoms with van der Waals surface area (Å²) in [4.78, 5) is 34.0.